The third-order valence-corrected chi connectivity index (χ3v) is 3.93. The molecule has 3 N–H and O–H groups in total. The number of ether oxygens (including phenoxy) is 1. The van der Waals surface area contributed by atoms with Crippen molar-refractivity contribution < 1.29 is 17.9 Å². The molecule has 0 aliphatic rings. The highest BCUT2D eigenvalue weighted by Gasteiger charge is 2.16. The first kappa shape index (κ1) is 14.4. The Morgan fingerprint density at radius 1 is 1.45 bits per heavy atom. The van der Waals surface area contributed by atoms with Crippen molar-refractivity contribution >= 4 is 33.2 Å². The van der Waals surface area contributed by atoms with Crippen LogP contribution in [0.4, 0.5) is 5.69 Å². The fraction of sp³-hybridized carbons (Fsp3) is 0.100. The molecular weight excluding hydrogens is 304 g/mol. The zero-order valence-electron chi connectivity index (χ0n) is 10.2. The van der Waals surface area contributed by atoms with Gasteiger partial charge < -0.3 is 10.1 Å². The van der Waals surface area contributed by atoms with Gasteiger partial charge >= 0.3 is 0 Å². The number of nitrogens with zero attached hydrogens (tertiary/aromatic N) is 2. The normalized spacial score (nSPS) is 11.1. The Morgan fingerprint density at radius 3 is 2.75 bits per heavy atom. The smallest absolute Gasteiger partial charge is 0.269 e. The van der Waals surface area contributed by atoms with E-state index in [0.29, 0.717) is 10.6 Å². The minimum atomic E-state index is -3.89. The highest BCUT2D eigenvalue weighted by atomic mass is 32.2. The van der Waals surface area contributed by atoms with E-state index in [4.69, 9.17) is 9.88 Å². The summed E-state index contributed by atoms with van der Waals surface area (Å²) in [5.74, 6) is -0.349. The average Bonchev–Trinajstić information content (AvgIpc) is 2.91. The predicted molar refractivity (Wildman–Crippen MR) is 72.2 cm³/mol. The number of primary sulfonamides is 1. The van der Waals surface area contributed by atoms with Crippen LogP contribution < -0.4 is 15.2 Å². The summed E-state index contributed by atoms with van der Waals surface area (Å²) < 4.78 is 31.2. The number of carbonyl (C=O) groups excluding carboxylic acids is 1. The van der Waals surface area contributed by atoms with Gasteiger partial charge in [-0.05, 0) is 23.7 Å². The van der Waals surface area contributed by atoms with E-state index in [2.05, 4.69) is 14.9 Å². The molecule has 2 rings (SSSR count). The van der Waals surface area contributed by atoms with E-state index < -0.39 is 15.9 Å². The molecule has 0 aliphatic carbocycles. The van der Waals surface area contributed by atoms with Gasteiger partial charge in [0.2, 0.25) is 10.0 Å². The number of benzene rings is 1. The van der Waals surface area contributed by atoms with E-state index in [0.717, 1.165) is 11.5 Å². The number of rotatable bonds is 4. The molecule has 20 heavy (non-hydrogen) atoms. The third-order valence-electron chi connectivity index (χ3n) is 2.31. The molecule has 106 valence electrons. The van der Waals surface area contributed by atoms with Gasteiger partial charge in [-0.2, -0.15) is 0 Å². The zero-order valence-corrected chi connectivity index (χ0v) is 11.9. The number of sulfonamides is 1. The summed E-state index contributed by atoms with van der Waals surface area (Å²) >= 11 is 0.947. The van der Waals surface area contributed by atoms with Crippen LogP contribution in [-0.2, 0) is 10.0 Å². The molecule has 0 saturated heterocycles. The molecule has 10 heteroatoms. The number of carbonyl (C=O) groups is 1. The number of amides is 1. The molecule has 0 fully saturated rings. The van der Waals surface area contributed by atoms with Crippen molar-refractivity contribution in [2.75, 3.05) is 12.4 Å². The number of nitrogens with two attached hydrogens (primary N) is 1. The summed E-state index contributed by atoms with van der Waals surface area (Å²) in [6.07, 6.45) is 1.33. The third kappa shape index (κ3) is 3.10. The maximum Gasteiger partial charge on any atom is 0.269 e. The van der Waals surface area contributed by atoms with Crippen molar-refractivity contribution in [1.29, 1.82) is 0 Å². The lowest BCUT2D eigenvalue weighted by atomic mass is 10.3. The first-order chi connectivity index (χ1) is 9.41. The maximum absolute atomic E-state index is 11.8. The minimum absolute atomic E-state index is 0.0488. The van der Waals surface area contributed by atoms with E-state index >= 15 is 0 Å². The number of anilines is 1. The van der Waals surface area contributed by atoms with Crippen molar-refractivity contribution in [3.05, 3.63) is 29.3 Å². The second-order valence-corrected chi connectivity index (χ2v) is 5.96. The fourth-order valence-corrected chi connectivity index (χ4v) is 2.53. The zero-order chi connectivity index (χ0) is 14.8. The van der Waals surface area contributed by atoms with Crippen LogP contribution in [0, 0.1) is 0 Å². The van der Waals surface area contributed by atoms with E-state index in [1.54, 1.807) is 0 Å². The van der Waals surface area contributed by atoms with Crippen LogP contribution in [0.5, 0.6) is 5.75 Å². The van der Waals surface area contributed by atoms with E-state index in [-0.39, 0.29) is 10.6 Å². The minimum Gasteiger partial charge on any atom is -0.495 e. The van der Waals surface area contributed by atoms with Crippen molar-refractivity contribution in [3.63, 3.8) is 0 Å². The van der Waals surface area contributed by atoms with Crippen LogP contribution in [-0.4, -0.2) is 31.0 Å². The second kappa shape index (κ2) is 5.53. The first-order valence-electron chi connectivity index (χ1n) is 5.21. The topological polar surface area (TPSA) is 124 Å². The highest BCUT2D eigenvalue weighted by molar-refractivity contribution is 7.89. The Bertz CT molecular complexity index is 728. The molecule has 0 aliphatic heterocycles. The SMILES string of the molecule is COc1cc(NC(=O)c2cnns2)ccc1S(N)(=O)=O. The predicted octanol–water partition coefficient (Wildman–Crippen LogP) is 0.446. The van der Waals surface area contributed by atoms with Crippen LogP contribution in [0.3, 0.4) is 0 Å². The van der Waals surface area contributed by atoms with Crippen LogP contribution in [0.25, 0.3) is 0 Å². The van der Waals surface area contributed by atoms with Gasteiger partial charge in [0.15, 0.2) is 0 Å². The number of nitrogens with one attached hydrogen (secondary N) is 1. The van der Waals surface area contributed by atoms with Crippen LogP contribution in [0.1, 0.15) is 9.67 Å². The van der Waals surface area contributed by atoms with E-state index in [1.165, 1.54) is 31.5 Å². The maximum atomic E-state index is 11.8. The van der Waals surface area contributed by atoms with Crippen molar-refractivity contribution in [2.45, 2.75) is 4.90 Å². The second-order valence-electron chi connectivity index (χ2n) is 3.65. The molecule has 8 nitrogen and oxygen atoms in total. The number of aromatic nitrogens is 2. The lowest BCUT2D eigenvalue weighted by Gasteiger charge is -2.09. The van der Waals surface area contributed by atoms with Gasteiger partial charge in [0, 0.05) is 11.8 Å². The van der Waals surface area contributed by atoms with Crippen molar-refractivity contribution in [1.82, 2.24) is 9.59 Å². The molecule has 0 unspecified atom stereocenters. The monoisotopic (exact) mass is 314 g/mol. The molecule has 0 spiro atoms. The summed E-state index contributed by atoms with van der Waals surface area (Å²) in [5.41, 5.74) is 0.368. The molecular formula is C10H10N4O4S2. The summed E-state index contributed by atoms with van der Waals surface area (Å²) in [6.45, 7) is 0. The van der Waals surface area contributed by atoms with Crippen LogP contribution >= 0.6 is 11.5 Å². The van der Waals surface area contributed by atoms with Crippen molar-refractivity contribution in [3.8, 4) is 5.75 Å². The Kier molecular flexibility index (Phi) is 3.97. The summed E-state index contributed by atoms with van der Waals surface area (Å²) in [5, 5.41) is 11.2. The highest BCUT2D eigenvalue weighted by Crippen LogP contribution is 2.26. The molecule has 1 aromatic carbocycles. The van der Waals surface area contributed by atoms with E-state index in [1.807, 2.05) is 0 Å². The molecule has 1 amide bonds. The Morgan fingerprint density at radius 2 is 2.20 bits per heavy atom. The molecule has 0 saturated carbocycles. The van der Waals surface area contributed by atoms with Crippen LogP contribution in [0.2, 0.25) is 0 Å². The van der Waals surface area contributed by atoms with Gasteiger partial charge in [0.05, 0.1) is 13.3 Å². The Labute approximate surface area is 118 Å². The van der Waals surface area contributed by atoms with Crippen LogP contribution in [0.15, 0.2) is 29.3 Å². The lowest BCUT2D eigenvalue weighted by Crippen LogP contribution is -2.14. The van der Waals surface area contributed by atoms with Crippen molar-refractivity contribution in [2.24, 2.45) is 5.14 Å². The van der Waals surface area contributed by atoms with Gasteiger partial charge in [0.25, 0.3) is 5.91 Å². The number of hydrogen-bond donors (Lipinski definition) is 2. The van der Waals surface area contributed by atoms with E-state index in [9.17, 15) is 13.2 Å². The van der Waals surface area contributed by atoms with Gasteiger partial charge in [0.1, 0.15) is 15.5 Å². The largest absolute Gasteiger partial charge is 0.495 e. The number of methoxy groups -OCH3 is 1. The standard InChI is InChI=1S/C10H10N4O4S2/c1-18-7-4-6(2-3-9(7)20(11,16)17)13-10(15)8-5-12-14-19-8/h2-5H,1H3,(H,13,15)(H2,11,16,17). The first-order valence-corrected chi connectivity index (χ1v) is 7.53. The molecule has 1 aromatic heterocycles. The van der Waals surface area contributed by atoms with Gasteiger partial charge in [-0.1, -0.05) is 4.49 Å². The number of hydrogen-bond acceptors (Lipinski definition) is 7. The average molecular weight is 314 g/mol. The fourth-order valence-electron chi connectivity index (χ4n) is 1.44. The summed E-state index contributed by atoms with van der Waals surface area (Å²) in [7, 11) is -2.58. The van der Waals surface area contributed by atoms with Gasteiger partial charge in [-0.25, -0.2) is 13.6 Å². The summed E-state index contributed by atoms with van der Waals surface area (Å²) in [4.78, 5) is 12.0. The quantitative estimate of drug-likeness (QED) is 0.844. The molecule has 0 bridgehead atoms. The van der Waals surface area contributed by atoms with Gasteiger partial charge in [-0.15, -0.1) is 5.10 Å². The lowest BCUT2D eigenvalue weighted by molar-refractivity contribution is 0.103. The molecule has 1 heterocycles. The molecule has 0 radical (unpaired) electrons. The molecule has 0 atom stereocenters. The molecule has 2 aromatic rings. The summed E-state index contributed by atoms with van der Waals surface area (Å²) in [6, 6.07) is 4.04. The van der Waals surface area contributed by atoms with Gasteiger partial charge in [-0.3, -0.25) is 4.79 Å². The Hall–Kier alpha value is -2.04. The Balaban J connectivity index is 2.29.